The molecule has 0 radical (unpaired) electrons. The van der Waals surface area contributed by atoms with E-state index in [0.717, 1.165) is 17.5 Å². The van der Waals surface area contributed by atoms with Gasteiger partial charge in [0, 0.05) is 12.1 Å². The summed E-state index contributed by atoms with van der Waals surface area (Å²) in [6.45, 7) is 4.77. The van der Waals surface area contributed by atoms with Gasteiger partial charge >= 0.3 is 0 Å². The van der Waals surface area contributed by atoms with E-state index in [1.165, 1.54) is 0 Å². The molecule has 0 bridgehead atoms. The molecule has 9 heteroatoms. The van der Waals surface area contributed by atoms with Crippen molar-refractivity contribution in [2.75, 3.05) is 20.8 Å². The molecule has 39 heavy (non-hydrogen) atoms. The number of ether oxygens (including phenoxy) is 2. The Balaban J connectivity index is 1.76. The number of nitrogens with one attached hydrogen (secondary N) is 1. The molecule has 204 valence electrons. The minimum Gasteiger partial charge on any atom is -0.497 e. The van der Waals surface area contributed by atoms with Crippen molar-refractivity contribution in [2.45, 2.75) is 39.4 Å². The van der Waals surface area contributed by atoms with Gasteiger partial charge in [-0.05, 0) is 48.2 Å². The lowest BCUT2D eigenvalue weighted by molar-refractivity contribution is -0.142. The maximum atomic E-state index is 14.1. The van der Waals surface area contributed by atoms with Crippen LogP contribution in [0.1, 0.15) is 37.4 Å². The first kappa shape index (κ1) is 27.6. The fourth-order valence-electron chi connectivity index (χ4n) is 4.46. The third-order valence-electron chi connectivity index (χ3n) is 6.55. The molecule has 4 rings (SSSR count). The van der Waals surface area contributed by atoms with E-state index in [0.29, 0.717) is 35.0 Å². The largest absolute Gasteiger partial charge is 0.497 e. The molecular formula is C30H35N5O4. The number of amides is 2. The van der Waals surface area contributed by atoms with Crippen molar-refractivity contribution in [3.8, 4) is 11.5 Å². The van der Waals surface area contributed by atoms with Crippen molar-refractivity contribution in [2.24, 2.45) is 5.92 Å². The van der Waals surface area contributed by atoms with Crippen molar-refractivity contribution in [1.82, 2.24) is 25.2 Å². The Hall–Kier alpha value is -4.40. The van der Waals surface area contributed by atoms with Crippen molar-refractivity contribution < 1.29 is 19.1 Å². The van der Waals surface area contributed by atoms with Crippen molar-refractivity contribution >= 4 is 22.8 Å². The molecule has 1 heterocycles. The summed E-state index contributed by atoms with van der Waals surface area (Å²) in [5.74, 6) is 1.09. The van der Waals surface area contributed by atoms with E-state index in [1.807, 2.05) is 66.7 Å². The van der Waals surface area contributed by atoms with Gasteiger partial charge in [0.25, 0.3) is 0 Å². The molecule has 0 saturated carbocycles. The van der Waals surface area contributed by atoms with Gasteiger partial charge in [0.05, 0.1) is 26.3 Å². The average molecular weight is 530 g/mol. The number of aromatic nitrogens is 3. The Morgan fingerprint density at radius 2 is 1.74 bits per heavy atom. The van der Waals surface area contributed by atoms with Crippen LogP contribution in [0.4, 0.5) is 0 Å². The smallest absolute Gasteiger partial charge is 0.247 e. The van der Waals surface area contributed by atoms with Gasteiger partial charge in [0.2, 0.25) is 11.8 Å². The van der Waals surface area contributed by atoms with Crippen LogP contribution in [-0.4, -0.2) is 52.5 Å². The lowest BCUT2D eigenvalue weighted by Crippen LogP contribution is -2.45. The number of carbonyl (C=O) groups excluding carboxylic acids is 2. The summed E-state index contributed by atoms with van der Waals surface area (Å²) in [6.07, 6.45) is 0.821. The quantitative estimate of drug-likeness (QED) is 0.292. The molecule has 0 saturated heterocycles. The van der Waals surface area contributed by atoms with Gasteiger partial charge < -0.3 is 19.7 Å². The van der Waals surface area contributed by atoms with Crippen molar-refractivity contribution in [3.05, 3.63) is 83.9 Å². The summed E-state index contributed by atoms with van der Waals surface area (Å²) in [7, 11) is 3.16. The van der Waals surface area contributed by atoms with Gasteiger partial charge in [0.1, 0.15) is 29.6 Å². The number of benzene rings is 3. The van der Waals surface area contributed by atoms with Gasteiger partial charge in [-0.2, -0.15) is 0 Å². The van der Waals surface area contributed by atoms with Crippen molar-refractivity contribution in [1.29, 1.82) is 0 Å². The Morgan fingerprint density at radius 3 is 2.51 bits per heavy atom. The van der Waals surface area contributed by atoms with Crippen LogP contribution in [0.3, 0.4) is 0 Å². The second-order valence-corrected chi connectivity index (χ2v) is 9.72. The second-order valence-electron chi connectivity index (χ2n) is 9.72. The van der Waals surface area contributed by atoms with E-state index < -0.39 is 6.04 Å². The molecule has 3 aromatic carbocycles. The van der Waals surface area contributed by atoms with Gasteiger partial charge in [0.15, 0.2) is 0 Å². The maximum absolute atomic E-state index is 14.1. The molecule has 0 aliphatic rings. The summed E-state index contributed by atoms with van der Waals surface area (Å²) >= 11 is 0. The Labute approximate surface area is 228 Å². The number of methoxy groups -OCH3 is 2. The fraction of sp³-hybridized carbons (Fsp3) is 0.333. The van der Waals surface area contributed by atoms with Gasteiger partial charge in [-0.1, -0.05) is 61.5 Å². The Bertz CT molecular complexity index is 1420. The number of nitrogens with zero attached hydrogens (tertiary/aromatic N) is 4. The zero-order chi connectivity index (χ0) is 27.8. The number of para-hydroxylation sites is 2. The van der Waals surface area contributed by atoms with Crippen LogP contribution >= 0.6 is 0 Å². The molecule has 9 nitrogen and oxygen atoms in total. The van der Waals surface area contributed by atoms with E-state index in [4.69, 9.17) is 9.47 Å². The number of rotatable bonds is 12. The number of hydrogen-bond acceptors (Lipinski definition) is 6. The van der Waals surface area contributed by atoms with Crippen LogP contribution in [0.15, 0.2) is 72.8 Å². The van der Waals surface area contributed by atoms with Crippen molar-refractivity contribution in [3.63, 3.8) is 0 Å². The van der Waals surface area contributed by atoms with E-state index in [2.05, 4.69) is 29.5 Å². The summed E-state index contributed by atoms with van der Waals surface area (Å²) < 4.78 is 12.6. The first-order valence-electron chi connectivity index (χ1n) is 13.0. The molecule has 0 aliphatic carbocycles. The topological polar surface area (TPSA) is 98.6 Å². The molecule has 2 amide bonds. The predicted octanol–water partition coefficient (Wildman–Crippen LogP) is 4.38. The summed E-state index contributed by atoms with van der Waals surface area (Å²) in [6, 6.07) is 21.3. The Kier molecular flexibility index (Phi) is 9.14. The third kappa shape index (κ3) is 6.73. The Morgan fingerprint density at radius 1 is 0.974 bits per heavy atom. The first-order valence-corrected chi connectivity index (χ1v) is 13.0. The number of hydrogen-bond donors (Lipinski definition) is 1. The van der Waals surface area contributed by atoms with E-state index in [9.17, 15) is 9.59 Å². The van der Waals surface area contributed by atoms with Crippen LogP contribution in [0, 0.1) is 5.92 Å². The SMILES string of the molecule is COc1cccc(C(C(=O)NCCC(C)C)N(Cc2ccccc2OC)C(=O)Cn2nnc3ccccc32)c1. The van der Waals surface area contributed by atoms with Gasteiger partial charge in [-0.25, -0.2) is 4.68 Å². The van der Waals surface area contributed by atoms with E-state index in [-0.39, 0.29) is 24.9 Å². The lowest BCUT2D eigenvalue weighted by Gasteiger charge is -2.32. The molecule has 0 spiro atoms. The molecule has 1 unspecified atom stereocenters. The second kappa shape index (κ2) is 12.9. The fourth-order valence-corrected chi connectivity index (χ4v) is 4.46. The zero-order valence-corrected chi connectivity index (χ0v) is 22.8. The molecule has 0 fully saturated rings. The van der Waals surface area contributed by atoms with E-state index >= 15 is 0 Å². The molecule has 0 aliphatic heterocycles. The van der Waals surface area contributed by atoms with Gasteiger partial charge in [-0.15, -0.1) is 5.10 Å². The van der Waals surface area contributed by atoms with E-state index in [1.54, 1.807) is 29.9 Å². The molecular weight excluding hydrogens is 494 g/mol. The van der Waals surface area contributed by atoms with Gasteiger partial charge in [-0.3, -0.25) is 9.59 Å². The van der Waals surface area contributed by atoms with Crippen LogP contribution in [0.2, 0.25) is 0 Å². The minimum atomic E-state index is -0.917. The highest BCUT2D eigenvalue weighted by atomic mass is 16.5. The highest BCUT2D eigenvalue weighted by Gasteiger charge is 2.33. The number of fused-ring (bicyclic) bond motifs is 1. The summed E-state index contributed by atoms with van der Waals surface area (Å²) in [5, 5.41) is 11.4. The maximum Gasteiger partial charge on any atom is 0.247 e. The number of carbonyl (C=O) groups is 2. The van der Waals surface area contributed by atoms with Crippen LogP contribution in [0.25, 0.3) is 11.0 Å². The first-order chi connectivity index (χ1) is 18.9. The summed E-state index contributed by atoms with van der Waals surface area (Å²) in [4.78, 5) is 29.5. The zero-order valence-electron chi connectivity index (χ0n) is 22.8. The molecule has 1 N–H and O–H groups in total. The highest BCUT2D eigenvalue weighted by molar-refractivity contribution is 5.89. The molecule has 1 aromatic heterocycles. The standard InChI is InChI=1S/C30H35N5O4/c1-21(2)16-17-31-30(37)29(22-11-9-12-24(18-22)38-3)34(19-23-10-5-8-15-27(23)39-4)28(36)20-35-26-14-7-6-13-25(26)32-33-35/h5-15,18,21,29H,16-17,19-20H2,1-4H3,(H,31,37). The lowest BCUT2D eigenvalue weighted by atomic mass is 10.0. The summed E-state index contributed by atoms with van der Waals surface area (Å²) in [5.41, 5.74) is 2.85. The molecule has 4 aromatic rings. The minimum absolute atomic E-state index is 0.0879. The monoisotopic (exact) mass is 529 g/mol. The van der Waals surface area contributed by atoms with Crippen LogP contribution in [0.5, 0.6) is 11.5 Å². The molecule has 1 atom stereocenters. The normalized spacial score (nSPS) is 11.8. The van der Waals surface area contributed by atoms with Crippen LogP contribution in [-0.2, 0) is 22.7 Å². The van der Waals surface area contributed by atoms with Crippen LogP contribution < -0.4 is 14.8 Å². The predicted molar refractivity (Wildman–Crippen MR) is 149 cm³/mol. The third-order valence-corrected chi connectivity index (χ3v) is 6.55. The average Bonchev–Trinajstić information content (AvgIpc) is 3.35. The highest BCUT2D eigenvalue weighted by Crippen LogP contribution is 2.29.